The molecule has 0 aliphatic carbocycles. The molecule has 0 aliphatic rings. The van der Waals surface area contributed by atoms with Crippen LogP contribution in [0, 0.1) is 13.8 Å². The SMILES string of the molecule is CCc1cc2cccc3c4cc(C(C)(C)C)cc5c(N(c6cccc(C)c6)c6cccc(C)c6)ccc(c(c1)c23)c54. The van der Waals surface area contributed by atoms with Crippen molar-refractivity contribution in [2.24, 2.45) is 0 Å². The maximum Gasteiger partial charge on any atom is 0.0540 e. The molecule has 0 unspecified atom stereocenters. The van der Waals surface area contributed by atoms with E-state index in [1.807, 2.05) is 0 Å². The van der Waals surface area contributed by atoms with Gasteiger partial charge in [-0.2, -0.15) is 0 Å². The lowest BCUT2D eigenvalue weighted by atomic mass is 9.81. The molecule has 1 nitrogen and oxygen atoms in total. The van der Waals surface area contributed by atoms with Gasteiger partial charge in [-0.1, -0.05) is 88.4 Å². The third-order valence-corrected chi connectivity index (χ3v) is 8.74. The van der Waals surface area contributed by atoms with Crippen LogP contribution in [0.15, 0.2) is 103 Å². The summed E-state index contributed by atoms with van der Waals surface area (Å²) in [5.41, 5.74) is 8.84. The second-order valence-electron chi connectivity index (χ2n) is 12.7. The van der Waals surface area contributed by atoms with Gasteiger partial charge in [-0.15, -0.1) is 0 Å². The number of hydrogen-bond acceptors (Lipinski definition) is 1. The van der Waals surface area contributed by atoms with Crippen molar-refractivity contribution < 1.29 is 0 Å². The normalized spacial score (nSPS) is 12.2. The van der Waals surface area contributed by atoms with Crippen molar-refractivity contribution in [1.82, 2.24) is 0 Å². The topological polar surface area (TPSA) is 3.24 Å². The second kappa shape index (κ2) is 9.35. The number of anilines is 3. The molecule has 0 bridgehead atoms. The summed E-state index contributed by atoms with van der Waals surface area (Å²) in [6.07, 6.45) is 1.03. The van der Waals surface area contributed by atoms with E-state index in [2.05, 4.69) is 150 Å². The summed E-state index contributed by atoms with van der Waals surface area (Å²) in [6, 6.07) is 39.1. The molecule has 0 saturated heterocycles. The van der Waals surface area contributed by atoms with Gasteiger partial charge < -0.3 is 4.90 Å². The number of fused-ring (bicyclic) bond motifs is 2. The molecule has 0 heterocycles. The van der Waals surface area contributed by atoms with E-state index in [1.54, 1.807) is 0 Å². The lowest BCUT2D eigenvalue weighted by Crippen LogP contribution is -2.13. The number of hydrogen-bond donors (Lipinski definition) is 0. The number of benzene rings is 7. The molecular formula is C40H37N. The van der Waals surface area contributed by atoms with Gasteiger partial charge in [-0.25, -0.2) is 0 Å². The average molecular weight is 532 g/mol. The zero-order valence-corrected chi connectivity index (χ0v) is 25.0. The van der Waals surface area contributed by atoms with E-state index >= 15 is 0 Å². The van der Waals surface area contributed by atoms with E-state index in [-0.39, 0.29) is 5.41 Å². The van der Waals surface area contributed by atoms with Gasteiger partial charge in [0.25, 0.3) is 0 Å². The van der Waals surface area contributed by atoms with E-state index in [1.165, 1.54) is 82.4 Å². The van der Waals surface area contributed by atoms with Crippen LogP contribution in [0.1, 0.15) is 49.9 Å². The van der Waals surface area contributed by atoms with Crippen molar-refractivity contribution in [1.29, 1.82) is 0 Å². The van der Waals surface area contributed by atoms with Crippen molar-refractivity contribution >= 4 is 60.2 Å². The molecule has 0 fully saturated rings. The summed E-state index contributed by atoms with van der Waals surface area (Å²) >= 11 is 0. The smallest absolute Gasteiger partial charge is 0.0540 e. The molecule has 0 atom stereocenters. The summed E-state index contributed by atoms with van der Waals surface area (Å²) in [5.74, 6) is 0. The molecule has 0 saturated carbocycles. The summed E-state index contributed by atoms with van der Waals surface area (Å²) in [7, 11) is 0. The average Bonchev–Trinajstić information content (AvgIpc) is 2.95. The molecule has 41 heavy (non-hydrogen) atoms. The number of rotatable bonds is 4. The molecule has 0 aromatic heterocycles. The first-order valence-corrected chi connectivity index (χ1v) is 14.8. The molecule has 0 aliphatic heterocycles. The van der Waals surface area contributed by atoms with Crippen LogP contribution in [0.25, 0.3) is 43.1 Å². The minimum atomic E-state index is 0.00963. The van der Waals surface area contributed by atoms with E-state index < -0.39 is 0 Å². The van der Waals surface area contributed by atoms with Gasteiger partial charge >= 0.3 is 0 Å². The van der Waals surface area contributed by atoms with Crippen LogP contribution >= 0.6 is 0 Å². The quantitative estimate of drug-likeness (QED) is 0.161. The van der Waals surface area contributed by atoms with Gasteiger partial charge in [-0.3, -0.25) is 0 Å². The van der Waals surface area contributed by atoms with Crippen LogP contribution in [-0.2, 0) is 11.8 Å². The Kier molecular flexibility index (Phi) is 5.84. The summed E-state index contributed by atoms with van der Waals surface area (Å²) in [4.78, 5) is 2.45. The van der Waals surface area contributed by atoms with Crippen LogP contribution in [0.2, 0.25) is 0 Å². The molecule has 0 spiro atoms. The Hall–Kier alpha value is -4.36. The van der Waals surface area contributed by atoms with E-state index in [9.17, 15) is 0 Å². The fourth-order valence-corrected chi connectivity index (χ4v) is 6.63. The molecule has 202 valence electrons. The first-order chi connectivity index (χ1) is 19.7. The van der Waals surface area contributed by atoms with Crippen molar-refractivity contribution in [3.05, 3.63) is 125 Å². The molecule has 0 amide bonds. The lowest BCUT2D eigenvalue weighted by molar-refractivity contribution is 0.592. The van der Waals surface area contributed by atoms with Gasteiger partial charge in [0.05, 0.1) is 5.69 Å². The predicted molar refractivity (Wildman–Crippen MR) is 180 cm³/mol. The van der Waals surface area contributed by atoms with Crippen LogP contribution < -0.4 is 4.90 Å². The van der Waals surface area contributed by atoms with Gasteiger partial charge in [0, 0.05) is 16.8 Å². The first-order valence-electron chi connectivity index (χ1n) is 14.8. The zero-order valence-electron chi connectivity index (χ0n) is 25.0. The maximum atomic E-state index is 2.46. The number of aryl methyl sites for hydroxylation is 3. The van der Waals surface area contributed by atoms with Gasteiger partial charge in [0.1, 0.15) is 0 Å². The van der Waals surface area contributed by atoms with Crippen molar-refractivity contribution in [3.8, 4) is 0 Å². The maximum absolute atomic E-state index is 2.46. The Morgan fingerprint density at radius 2 is 1.17 bits per heavy atom. The molecule has 7 rings (SSSR count). The van der Waals surface area contributed by atoms with Gasteiger partial charge in [0.2, 0.25) is 0 Å². The predicted octanol–water partition coefficient (Wildman–Crippen LogP) is 11.7. The molecule has 0 N–H and O–H groups in total. The monoisotopic (exact) mass is 531 g/mol. The minimum absolute atomic E-state index is 0.00963. The fourth-order valence-electron chi connectivity index (χ4n) is 6.63. The van der Waals surface area contributed by atoms with Crippen LogP contribution in [0.3, 0.4) is 0 Å². The highest BCUT2D eigenvalue weighted by molar-refractivity contribution is 6.34. The fraction of sp³-hybridized carbons (Fsp3) is 0.200. The van der Waals surface area contributed by atoms with Gasteiger partial charge in [0.15, 0.2) is 0 Å². The molecule has 7 aromatic rings. The standard InChI is InChI=1S/C40H37N/c1-7-27-21-28-13-10-16-32-35-23-29(40(4,5)6)24-36-37(18-17-33(39(35)36)34(22-27)38(28)32)41(30-14-8-11-25(2)19-30)31-15-9-12-26(3)20-31/h8-24H,7H2,1-6H3. The number of nitrogens with zero attached hydrogens (tertiary/aromatic N) is 1. The summed E-state index contributed by atoms with van der Waals surface area (Å²) < 4.78 is 0. The van der Waals surface area contributed by atoms with Crippen molar-refractivity contribution in [2.75, 3.05) is 4.90 Å². The lowest BCUT2D eigenvalue weighted by Gasteiger charge is -2.30. The molecular weight excluding hydrogens is 494 g/mol. The Morgan fingerprint density at radius 3 is 1.80 bits per heavy atom. The Labute approximate surface area is 243 Å². The highest BCUT2D eigenvalue weighted by Gasteiger charge is 2.23. The van der Waals surface area contributed by atoms with Crippen molar-refractivity contribution in [3.63, 3.8) is 0 Å². The van der Waals surface area contributed by atoms with E-state index in [4.69, 9.17) is 0 Å². The largest absolute Gasteiger partial charge is 0.310 e. The summed E-state index contributed by atoms with van der Waals surface area (Å²) in [6.45, 7) is 13.6. The molecule has 1 heteroatoms. The zero-order chi connectivity index (χ0) is 28.5. The molecule has 7 aromatic carbocycles. The second-order valence-corrected chi connectivity index (χ2v) is 12.7. The van der Waals surface area contributed by atoms with Crippen LogP contribution in [-0.4, -0.2) is 0 Å². The van der Waals surface area contributed by atoms with E-state index in [0.717, 1.165) is 6.42 Å². The Morgan fingerprint density at radius 1 is 0.561 bits per heavy atom. The first kappa shape index (κ1) is 25.6. The third-order valence-electron chi connectivity index (χ3n) is 8.74. The highest BCUT2D eigenvalue weighted by atomic mass is 15.1. The van der Waals surface area contributed by atoms with Crippen LogP contribution in [0.5, 0.6) is 0 Å². The van der Waals surface area contributed by atoms with E-state index in [0.29, 0.717) is 0 Å². The molecule has 0 radical (unpaired) electrons. The summed E-state index contributed by atoms with van der Waals surface area (Å²) in [5, 5.41) is 10.8. The Bertz CT molecular complexity index is 2040. The highest BCUT2D eigenvalue weighted by Crippen LogP contribution is 2.47. The minimum Gasteiger partial charge on any atom is -0.310 e. The van der Waals surface area contributed by atoms with Gasteiger partial charge in [-0.05, 0) is 128 Å². The Balaban J connectivity index is 1.68. The third kappa shape index (κ3) is 4.15. The van der Waals surface area contributed by atoms with Crippen molar-refractivity contribution in [2.45, 2.75) is 53.4 Å². The van der Waals surface area contributed by atoms with Crippen LogP contribution in [0.4, 0.5) is 17.1 Å².